The van der Waals surface area contributed by atoms with E-state index in [0.29, 0.717) is 5.56 Å². The van der Waals surface area contributed by atoms with Gasteiger partial charge in [0.2, 0.25) is 0 Å². The van der Waals surface area contributed by atoms with Crippen molar-refractivity contribution >= 4 is 17.7 Å². The predicted octanol–water partition coefficient (Wildman–Crippen LogP) is 0.955. The quantitative estimate of drug-likeness (QED) is 0.328. The van der Waals surface area contributed by atoms with Crippen LogP contribution in [0.3, 0.4) is 0 Å². The maximum absolute atomic E-state index is 11.2. The fraction of sp³-hybridized carbons (Fsp3) is 0.455. The molecule has 6 heteroatoms. The van der Waals surface area contributed by atoms with E-state index in [1.165, 1.54) is 6.20 Å². The third-order valence-electron chi connectivity index (χ3n) is 2.11. The van der Waals surface area contributed by atoms with Crippen molar-refractivity contribution < 1.29 is 9.53 Å². The van der Waals surface area contributed by atoms with Crippen molar-refractivity contribution in [1.82, 2.24) is 10.4 Å². The highest BCUT2D eigenvalue weighted by molar-refractivity contribution is 7.98. The molecule has 5 nitrogen and oxygen atoms in total. The molecule has 0 fully saturated rings. The van der Waals surface area contributed by atoms with Gasteiger partial charge in [-0.3, -0.25) is 15.2 Å². The molecule has 0 unspecified atom stereocenters. The molecule has 17 heavy (non-hydrogen) atoms. The minimum atomic E-state index is -0.322. The number of thioether (sulfide) groups is 1. The molecule has 1 heterocycles. The van der Waals surface area contributed by atoms with Crippen LogP contribution in [-0.4, -0.2) is 30.4 Å². The Bertz CT molecular complexity index is 343. The Balaban J connectivity index is 2.33. The molecule has 0 bridgehead atoms. The zero-order chi connectivity index (χ0) is 12.5. The average molecular weight is 255 g/mol. The first-order chi connectivity index (χ1) is 8.27. The Morgan fingerprint density at radius 2 is 2.41 bits per heavy atom. The van der Waals surface area contributed by atoms with Crippen molar-refractivity contribution in [1.29, 1.82) is 0 Å². The van der Waals surface area contributed by atoms with Gasteiger partial charge in [0.05, 0.1) is 11.3 Å². The van der Waals surface area contributed by atoms with E-state index < -0.39 is 0 Å². The third-order valence-corrected chi connectivity index (χ3v) is 3.18. The van der Waals surface area contributed by atoms with Crippen molar-refractivity contribution in [2.45, 2.75) is 12.2 Å². The van der Waals surface area contributed by atoms with Crippen LogP contribution in [0.4, 0.5) is 0 Å². The maximum Gasteiger partial charge on any atom is 0.266 e. The number of carbonyl (C=O) groups excluding carboxylic acids is 1. The first kappa shape index (κ1) is 14.0. The zero-order valence-electron chi connectivity index (χ0n) is 9.81. The minimum Gasteiger partial charge on any atom is -0.385 e. The minimum absolute atomic E-state index is 0.322. The first-order valence-corrected chi connectivity index (χ1v) is 6.46. The van der Waals surface area contributed by atoms with Crippen molar-refractivity contribution in [3.05, 3.63) is 29.6 Å². The summed E-state index contributed by atoms with van der Waals surface area (Å²) in [4.78, 5) is 15.4. The summed E-state index contributed by atoms with van der Waals surface area (Å²) in [5.74, 6) is 6.59. The number of amides is 1. The summed E-state index contributed by atoms with van der Waals surface area (Å²) < 4.78 is 4.96. The largest absolute Gasteiger partial charge is 0.385 e. The van der Waals surface area contributed by atoms with Gasteiger partial charge in [-0.05, 0) is 24.3 Å². The fourth-order valence-corrected chi connectivity index (χ4v) is 2.06. The highest BCUT2D eigenvalue weighted by Gasteiger charge is 2.03. The van der Waals surface area contributed by atoms with E-state index in [4.69, 9.17) is 10.6 Å². The van der Waals surface area contributed by atoms with E-state index in [1.54, 1.807) is 24.9 Å². The van der Waals surface area contributed by atoms with Gasteiger partial charge in [-0.1, -0.05) is 0 Å². The molecule has 0 aliphatic carbocycles. The number of hydrazine groups is 1. The van der Waals surface area contributed by atoms with Gasteiger partial charge < -0.3 is 4.74 Å². The molecule has 0 radical (unpaired) electrons. The van der Waals surface area contributed by atoms with E-state index in [-0.39, 0.29) is 5.91 Å². The zero-order valence-corrected chi connectivity index (χ0v) is 10.6. The number of hydrogen-bond donors (Lipinski definition) is 2. The van der Waals surface area contributed by atoms with Crippen LogP contribution in [0.25, 0.3) is 0 Å². The third kappa shape index (κ3) is 5.16. The maximum atomic E-state index is 11.2. The number of nitrogens with one attached hydrogen (secondary N) is 1. The molecule has 3 N–H and O–H groups in total. The van der Waals surface area contributed by atoms with Crippen molar-refractivity contribution in [3.8, 4) is 0 Å². The number of nitrogens with zero attached hydrogens (tertiary/aromatic N) is 1. The second kappa shape index (κ2) is 8.05. The SMILES string of the molecule is COCCCSCc1ccc(C(=O)NN)cn1. The van der Waals surface area contributed by atoms with Gasteiger partial charge in [0.1, 0.15) is 0 Å². The number of carbonyl (C=O) groups is 1. The summed E-state index contributed by atoms with van der Waals surface area (Å²) >= 11 is 1.80. The predicted molar refractivity (Wildman–Crippen MR) is 68.5 cm³/mol. The lowest BCUT2D eigenvalue weighted by Gasteiger charge is -2.03. The van der Waals surface area contributed by atoms with Crippen LogP contribution >= 0.6 is 11.8 Å². The number of aromatic nitrogens is 1. The van der Waals surface area contributed by atoms with Crippen LogP contribution < -0.4 is 11.3 Å². The molecule has 0 aromatic carbocycles. The highest BCUT2D eigenvalue weighted by atomic mass is 32.2. The molecular weight excluding hydrogens is 238 g/mol. The number of nitrogen functional groups attached to an aromatic ring is 1. The van der Waals surface area contributed by atoms with Crippen molar-refractivity contribution in [2.24, 2.45) is 5.84 Å². The van der Waals surface area contributed by atoms with E-state index in [9.17, 15) is 4.79 Å². The first-order valence-electron chi connectivity index (χ1n) is 5.30. The van der Waals surface area contributed by atoms with Crippen LogP contribution in [0.15, 0.2) is 18.3 Å². The second-order valence-corrected chi connectivity index (χ2v) is 4.52. The summed E-state index contributed by atoms with van der Waals surface area (Å²) in [6.45, 7) is 0.788. The lowest BCUT2D eigenvalue weighted by Crippen LogP contribution is -2.30. The molecule has 0 saturated heterocycles. The Labute approximate surface area is 105 Å². The average Bonchev–Trinajstić information content (AvgIpc) is 2.38. The van der Waals surface area contributed by atoms with E-state index >= 15 is 0 Å². The van der Waals surface area contributed by atoms with Gasteiger partial charge in [0, 0.05) is 25.7 Å². The fourth-order valence-electron chi connectivity index (χ4n) is 1.21. The van der Waals surface area contributed by atoms with Gasteiger partial charge in [-0.2, -0.15) is 11.8 Å². The lowest BCUT2D eigenvalue weighted by molar-refractivity contribution is 0.0953. The number of nitrogens with two attached hydrogens (primary N) is 1. The lowest BCUT2D eigenvalue weighted by atomic mass is 10.2. The Morgan fingerprint density at radius 1 is 1.59 bits per heavy atom. The topological polar surface area (TPSA) is 77.2 Å². The molecule has 0 aliphatic rings. The van der Waals surface area contributed by atoms with Crippen molar-refractivity contribution in [3.63, 3.8) is 0 Å². The van der Waals surface area contributed by atoms with Crippen LogP contribution in [0.5, 0.6) is 0 Å². The van der Waals surface area contributed by atoms with E-state index in [2.05, 4.69) is 10.4 Å². The van der Waals surface area contributed by atoms with E-state index in [1.807, 2.05) is 6.07 Å². The summed E-state index contributed by atoms with van der Waals surface area (Å²) in [5, 5.41) is 0. The molecule has 1 rings (SSSR count). The molecule has 0 saturated carbocycles. The Hall–Kier alpha value is -1.11. The molecule has 1 amide bonds. The Kier molecular flexibility index (Phi) is 6.61. The smallest absolute Gasteiger partial charge is 0.266 e. The molecule has 0 aliphatic heterocycles. The van der Waals surface area contributed by atoms with Crippen molar-refractivity contribution in [2.75, 3.05) is 19.5 Å². The molecule has 94 valence electrons. The molecule has 1 aromatic rings. The Morgan fingerprint density at radius 3 is 3.00 bits per heavy atom. The summed E-state index contributed by atoms with van der Waals surface area (Å²) in [6, 6.07) is 3.56. The van der Waals surface area contributed by atoms with E-state index in [0.717, 1.165) is 30.2 Å². The van der Waals surface area contributed by atoms with Crippen LogP contribution in [-0.2, 0) is 10.5 Å². The van der Waals surface area contributed by atoms with Crippen LogP contribution in [0.1, 0.15) is 22.5 Å². The van der Waals surface area contributed by atoms with Gasteiger partial charge in [-0.15, -0.1) is 0 Å². The molecule has 0 atom stereocenters. The highest BCUT2D eigenvalue weighted by Crippen LogP contribution is 2.11. The van der Waals surface area contributed by atoms with Crippen LogP contribution in [0.2, 0.25) is 0 Å². The molecule has 1 aromatic heterocycles. The van der Waals surface area contributed by atoms with Gasteiger partial charge in [0.15, 0.2) is 0 Å². The van der Waals surface area contributed by atoms with Crippen LogP contribution in [0, 0.1) is 0 Å². The number of rotatable bonds is 7. The number of methoxy groups -OCH3 is 1. The van der Waals surface area contributed by atoms with Gasteiger partial charge >= 0.3 is 0 Å². The second-order valence-electron chi connectivity index (χ2n) is 3.41. The summed E-state index contributed by atoms with van der Waals surface area (Å²) in [6.07, 6.45) is 2.57. The van der Waals surface area contributed by atoms with Gasteiger partial charge in [0.25, 0.3) is 5.91 Å². The number of hydrogen-bond acceptors (Lipinski definition) is 5. The molecular formula is C11H17N3O2S. The summed E-state index contributed by atoms with van der Waals surface area (Å²) in [5.41, 5.74) is 3.50. The summed E-state index contributed by atoms with van der Waals surface area (Å²) in [7, 11) is 1.70. The number of ether oxygens (including phenoxy) is 1. The standard InChI is InChI=1S/C11H17N3O2S/c1-16-5-2-6-17-8-10-4-3-9(7-13-10)11(15)14-12/h3-4,7H,2,5-6,8,12H2,1H3,(H,14,15). The van der Waals surface area contributed by atoms with Gasteiger partial charge in [-0.25, -0.2) is 5.84 Å². The molecule has 0 spiro atoms. The number of pyridine rings is 1. The monoisotopic (exact) mass is 255 g/mol. The normalized spacial score (nSPS) is 10.2.